The number of nitrogens with one attached hydrogen (secondary N) is 1. The molecular formula is C21H25ClN6O4. The maximum atomic E-state index is 13.1. The van der Waals surface area contributed by atoms with Gasteiger partial charge in [0.1, 0.15) is 17.0 Å². The van der Waals surface area contributed by atoms with E-state index in [1.54, 1.807) is 23.7 Å². The maximum Gasteiger partial charge on any atom is 0.277 e. The van der Waals surface area contributed by atoms with Crippen LogP contribution in [0.25, 0.3) is 11.0 Å². The highest BCUT2D eigenvalue weighted by molar-refractivity contribution is 6.34. The van der Waals surface area contributed by atoms with Crippen molar-refractivity contribution in [2.24, 2.45) is 5.73 Å². The van der Waals surface area contributed by atoms with Crippen molar-refractivity contribution in [1.29, 1.82) is 0 Å². The molecule has 0 saturated heterocycles. The summed E-state index contributed by atoms with van der Waals surface area (Å²) in [5.74, 6) is -0.210. The second-order valence-electron chi connectivity index (χ2n) is 7.48. The molecule has 170 valence electrons. The molecule has 10 nitrogen and oxygen atoms in total. The number of rotatable bonds is 4. The van der Waals surface area contributed by atoms with Gasteiger partial charge < -0.3 is 19.8 Å². The van der Waals surface area contributed by atoms with Crippen LogP contribution >= 0.6 is 11.6 Å². The highest BCUT2D eigenvalue weighted by Gasteiger charge is 2.24. The van der Waals surface area contributed by atoms with Gasteiger partial charge in [-0.3, -0.25) is 19.6 Å². The number of nitrogens with two attached hydrogens (primary N) is 1. The fraction of sp³-hybridized carbons (Fsp3) is 0.429. The van der Waals surface area contributed by atoms with Crippen molar-refractivity contribution in [3.63, 3.8) is 0 Å². The molecule has 0 atom stereocenters. The first-order valence-corrected chi connectivity index (χ1v) is 10.9. The Kier molecular flexibility index (Phi) is 6.33. The normalized spacial score (nSPS) is 14.6. The Hall–Kier alpha value is -3.11. The minimum Gasteiger partial charge on any atom is -0.491 e. The predicted octanol–water partition coefficient (Wildman–Crippen LogP) is 2.75. The van der Waals surface area contributed by atoms with Crippen LogP contribution in [0.5, 0.6) is 5.75 Å². The summed E-state index contributed by atoms with van der Waals surface area (Å²) < 4.78 is 15.0. The van der Waals surface area contributed by atoms with Crippen LogP contribution in [0.1, 0.15) is 46.3 Å². The van der Waals surface area contributed by atoms with Crippen molar-refractivity contribution < 1.29 is 19.1 Å². The third kappa shape index (κ3) is 4.15. The van der Waals surface area contributed by atoms with E-state index in [4.69, 9.17) is 26.8 Å². The van der Waals surface area contributed by atoms with E-state index in [0.29, 0.717) is 79.2 Å². The molecule has 0 aliphatic carbocycles. The number of benzene rings is 1. The molecule has 3 aromatic rings. The molecule has 0 radical (unpaired) electrons. The highest BCUT2D eigenvalue weighted by atomic mass is 35.5. The van der Waals surface area contributed by atoms with Crippen molar-refractivity contribution in [2.75, 3.05) is 25.1 Å². The van der Waals surface area contributed by atoms with Crippen LogP contribution in [-0.4, -0.2) is 51.0 Å². The Morgan fingerprint density at radius 2 is 2.03 bits per heavy atom. The fourth-order valence-electron chi connectivity index (χ4n) is 3.73. The quantitative estimate of drug-likeness (QED) is 0.616. The number of hydrogen-bond acceptors (Lipinski definition) is 6. The molecule has 1 aliphatic rings. The SMILES string of the molecule is CCn1nc(C)c(Cl)c1C(=O)Nc1nc2cc(C(N)=O)cc3c2n1CCCOCCCO3. The topological polar surface area (TPSA) is 126 Å². The summed E-state index contributed by atoms with van der Waals surface area (Å²) in [6.07, 6.45) is 1.41. The van der Waals surface area contributed by atoms with Crippen LogP contribution in [-0.2, 0) is 17.8 Å². The van der Waals surface area contributed by atoms with E-state index < -0.39 is 11.8 Å². The molecule has 1 aliphatic heterocycles. The molecule has 32 heavy (non-hydrogen) atoms. The van der Waals surface area contributed by atoms with Crippen LogP contribution in [0.2, 0.25) is 5.02 Å². The summed E-state index contributed by atoms with van der Waals surface area (Å²) in [6.45, 7) is 6.20. The molecule has 0 spiro atoms. The number of aromatic nitrogens is 4. The summed E-state index contributed by atoms with van der Waals surface area (Å²) in [5, 5.41) is 7.46. The average molecular weight is 461 g/mol. The zero-order valence-electron chi connectivity index (χ0n) is 18.0. The van der Waals surface area contributed by atoms with Crippen LogP contribution in [0.3, 0.4) is 0 Å². The molecule has 4 rings (SSSR count). The van der Waals surface area contributed by atoms with E-state index >= 15 is 0 Å². The van der Waals surface area contributed by atoms with Gasteiger partial charge >= 0.3 is 0 Å². The number of anilines is 1. The number of carbonyl (C=O) groups is 2. The van der Waals surface area contributed by atoms with Crippen molar-refractivity contribution in [3.8, 4) is 5.75 Å². The maximum absolute atomic E-state index is 13.1. The molecule has 3 N–H and O–H groups in total. The van der Waals surface area contributed by atoms with Gasteiger partial charge in [0.15, 0.2) is 0 Å². The molecule has 11 heteroatoms. The molecule has 2 aromatic heterocycles. The molecule has 2 amide bonds. The first kappa shape index (κ1) is 22.1. The highest BCUT2D eigenvalue weighted by Crippen LogP contribution is 2.32. The summed E-state index contributed by atoms with van der Waals surface area (Å²) in [7, 11) is 0. The second kappa shape index (κ2) is 9.17. The monoisotopic (exact) mass is 460 g/mol. The average Bonchev–Trinajstić information content (AvgIpc) is 3.23. The summed E-state index contributed by atoms with van der Waals surface area (Å²) >= 11 is 6.34. The minimum absolute atomic E-state index is 0.265. The zero-order chi connectivity index (χ0) is 22.8. The Balaban J connectivity index is 1.81. The second-order valence-corrected chi connectivity index (χ2v) is 7.86. The van der Waals surface area contributed by atoms with Gasteiger partial charge in [-0.15, -0.1) is 0 Å². The number of carbonyl (C=O) groups excluding carboxylic acids is 2. The Morgan fingerprint density at radius 1 is 1.25 bits per heavy atom. The summed E-state index contributed by atoms with van der Waals surface area (Å²) in [5.41, 5.74) is 7.80. The molecule has 0 fully saturated rings. The molecule has 0 saturated carbocycles. The van der Waals surface area contributed by atoms with Crippen LogP contribution in [0.4, 0.5) is 5.95 Å². The smallest absolute Gasteiger partial charge is 0.277 e. The number of primary amides is 1. The number of aryl methyl sites for hydroxylation is 3. The van der Waals surface area contributed by atoms with E-state index in [0.717, 1.165) is 0 Å². The van der Waals surface area contributed by atoms with Gasteiger partial charge in [0, 0.05) is 38.3 Å². The molecule has 0 bridgehead atoms. The lowest BCUT2D eigenvalue weighted by Crippen LogP contribution is -2.20. The van der Waals surface area contributed by atoms with Gasteiger partial charge in [0.05, 0.1) is 22.8 Å². The predicted molar refractivity (Wildman–Crippen MR) is 119 cm³/mol. The number of ether oxygens (including phenoxy) is 2. The lowest BCUT2D eigenvalue weighted by atomic mass is 10.1. The number of halogens is 1. The van der Waals surface area contributed by atoms with Gasteiger partial charge in [0.2, 0.25) is 11.9 Å². The molecular weight excluding hydrogens is 436 g/mol. The van der Waals surface area contributed by atoms with Crippen LogP contribution in [0.15, 0.2) is 12.1 Å². The van der Waals surface area contributed by atoms with Gasteiger partial charge in [0.25, 0.3) is 5.91 Å². The summed E-state index contributed by atoms with van der Waals surface area (Å²) in [4.78, 5) is 29.6. The number of nitrogens with zero attached hydrogens (tertiary/aromatic N) is 4. The summed E-state index contributed by atoms with van der Waals surface area (Å²) in [6, 6.07) is 3.21. The lowest BCUT2D eigenvalue weighted by Gasteiger charge is -2.13. The van der Waals surface area contributed by atoms with Crippen molar-refractivity contribution in [1.82, 2.24) is 19.3 Å². The Labute approximate surface area is 189 Å². The lowest BCUT2D eigenvalue weighted by molar-refractivity contribution is 0.0995. The van der Waals surface area contributed by atoms with E-state index in [9.17, 15) is 9.59 Å². The Morgan fingerprint density at radius 3 is 2.78 bits per heavy atom. The third-order valence-corrected chi connectivity index (χ3v) is 5.70. The Bertz CT molecular complexity index is 1190. The van der Waals surface area contributed by atoms with Gasteiger partial charge in [-0.05, 0) is 32.4 Å². The molecule has 3 heterocycles. The van der Waals surface area contributed by atoms with Crippen molar-refractivity contribution >= 4 is 40.4 Å². The first-order valence-electron chi connectivity index (χ1n) is 10.5. The van der Waals surface area contributed by atoms with Crippen molar-refractivity contribution in [2.45, 2.75) is 39.8 Å². The standard InChI is InChI=1S/C21H25ClN6O4/c1-3-28-18(16(22)12(2)26-28)20(30)25-21-24-14-10-13(19(23)29)11-15-17(14)27(21)6-4-7-31-8-5-9-32-15/h10-11H,3-9H2,1-2H3,(H2,23,29)(H,24,25,30). The van der Waals surface area contributed by atoms with Crippen molar-refractivity contribution in [3.05, 3.63) is 34.1 Å². The third-order valence-electron chi connectivity index (χ3n) is 5.25. The molecule has 0 unspecified atom stereocenters. The van der Waals surface area contributed by atoms with Gasteiger partial charge in [-0.1, -0.05) is 11.6 Å². The van der Waals surface area contributed by atoms with Gasteiger partial charge in [-0.25, -0.2) is 4.98 Å². The number of hydrogen-bond donors (Lipinski definition) is 2. The minimum atomic E-state index is -0.585. The van der Waals surface area contributed by atoms with Gasteiger partial charge in [-0.2, -0.15) is 5.10 Å². The zero-order valence-corrected chi connectivity index (χ0v) is 18.7. The fourth-order valence-corrected chi connectivity index (χ4v) is 3.95. The van der Waals surface area contributed by atoms with E-state index in [-0.39, 0.29) is 11.3 Å². The van der Waals surface area contributed by atoms with Crippen LogP contribution in [0, 0.1) is 6.92 Å². The van der Waals surface area contributed by atoms with E-state index in [2.05, 4.69) is 15.4 Å². The van der Waals surface area contributed by atoms with E-state index in [1.807, 2.05) is 11.5 Å². The number of amides is 2. The van der Waals surface area contributed by atoms with E-state index in [1.165, 1.54) is 0 Å². The van der Waals surface area contributed by atoms with Crippen LogP contribution < -0.4 is 15.8 Å². The first-order chi connectivity index (χ1) is 15.4. The molecule has 1 aromatic carbocycles. The number of imidazole rings is 1. The largest absolute Gasteiger partial charge is 0.491 e.